The van der Waals surface area contributed by atoms with Gasteiger partial charge >= 0.3 is 17.9 Å². The first-order valence-corrected chi connectivity index (χ1v) is 34.5. The predicted octanol–water partition coefficient (Wildman–Crippen LogP) is 23.9. The van der Waals surface area contributed by atoms with E-state index in [0.717, 1.165) is 122 Å². The zero-order valence-electron chi connectivity index (χ0n) is 53.7. The minimum atomic E-state index is -0.795. The summed E-state index contributed by atoms with van der Waals surface area (Å²) in [6.07, 6.45) is 96.4. The number of hydrogen-bond acceptors (Lipinski definition) is 6. The Balaban J connectivity index is 4.39. The summed E-state index contributed by atoms with van der Waals surface area (Å²) in [6, 6.07) is 0. The molecule has 0 rings (SSSR count). The van der Waals surface area contributed by atoms with Crippen LogP contribution in [-0.2, 0) is 28.6 Å². The number of carbonyl (C=O) groups excluding carboxylic acids is 3. The van der Waals surface area contributed by atoms with E-state index in [9.17, 15) is 14.4 Å². The van der Waals surface area contributed by atoms with Gasteiger partial charge in [0.15, 0.2) is 6.10 Å². The number of allylic oxidation sites excluding steroid dienone is 20. The topological polar surface area (TPSA) is 78.9 Å². The number of unbranched alkanes of at least 4 members (excludes halogenated alkanes) is 31. The van der Waals surface area contributed by atoms with E-state index in [1.54, 1.807) is 0 Å². The lowest BCUT2D eigenvalue weighted by Gasteiger charge is -2.18. The van der Waals surface area contributed by atoms with E-state index in [-0.39, 0.29) is 31.1 Å². The Kier molecular flexibility index (Phi) is 65.8. The second-order valence-corrected chi connectivity index (χ2v) is 22.7. The van der Waals surface area contributed by atoms with Gasteiger partial charge in [0.25, 0.3) is 0 Å². The number of ether oxygens (including phenoxy) is 3. The third-order valence-corrected chi connectivity index (χ3v) is 14.7. The molecule has 82 heavy (non-hydrogen) atoms. The Morgan fingerprint density at radius 3 is 0.768 bits per heavy atom. The highest BCUT2D eigenvalue weighted by Crippen LogP contribution is 2.16. The van der Waals surface area contributed by atoms with Crippen molar-refractivity contribution in [3.8, 4) is 0 Å². The maximum Gasteiger partial charge on any atom is 0.306 e. The van der Waals surface area contributed by atoms with Crippen LogP contribution in [-0.4, -0.2) is 37.2 Å². The van der Waals surface area contributed by atoms with Gasteiger partial charge in [-0.15, -0.1) is 0 Å². The molecule has 0 fully saturated rings. The van der Waals surface area contributed by atoms with Gasteiger partial charge in [-0.25, -0.2) is 0 Å². The average molecular weight is 1140 g/mol. The van der Waals surface area contributed by atoms with E-state index >= 15 is 0 Å². The maximum absolute atomic E-state index is 12.9. The molecule has 0 saturated heterocycles. The molecule has 6 heteroatoms. The molecule has 0 aromatic heterocycles. The van der Waals surface area contributed by atoms with Gasteiger partial charge in [0, 0.05) is 19.3 Å². The predicted molar refractivity (Wildman–Crippen MR) is 357 cm³/mol. The van der Waals surface area contributed by atoms with Gasteiger partial charge in [0.05, 0.1) is 0 Å². The number of esters is 3. The monoisotopic (exact) mass is 1140 g/mol. The van der Waals surface area contributed by atoms with Crippen molar-refractivity contribution in [2.45, 2.75) is 329 Å². The first-order valence-electron chi connectivity index (χ1n) is 34.5. The van der Waals surface area contributed by atoms with Crippen molar-refractivity contribution in [1.82, 2.24) is 0 Å². The Morgan fingerprint density at radius 2 is 0.476 bits per heavy atom. The zero-order valence-corrected chi connectivity index (χ0v) is 53.7. The largest absolute Gasteiger partial charge is 0.462 e. The van der Waals surface area contributed by atoms with Crippen LogP contribution in [0.4, 0.5) is 0 Å². The summed E-state index contributed by atoms with van der Waals surface area (Å²) < 4.78 is 16.9. The third-order valence-electron chi connectivity index (χ3n) is 14.7. The molecule has 0 aliphatic rings. The molecule has 1 atom stereocenters. The molecule has 0 heterocycles. The quantitative estimate of drug-likeness (QED) is 0.0261. The molecule has 1 unspecified atom stereocenters. The first-order chi connectivity index (χ1) is 40.5. The fourth-order valence-electron chi connectivity index (χ4n) is 9.55. The SMILES string of the molecule is CC/C=C\C/C=C\C/C=C\C/C=C\C/C=C\C/C=C\C/C=C\C/C=C\C/C=C\CCCCCC(=O)OCC(COC(=O)CCCCCCCCCCCCCCCC)OC(=O)CCCCCCCCCCC/C=C\CCCCCCCC. The molecule has 0 aromatic carbocycles. The molecule has 0 spiro atoms. The smallest absolute Gasteiger partial charge is 0.306 e. The van der Waals surface area contributed by atoms with Crippen molar-refractivity contribution in [2.24, 2.45) is 0 Å². The van der Waals surface area contributed by atoms with Crippen molar-refractivity contribution in [2.75, 3.05) is 13.2 Å². The highest BCUT2D eigenvalue weighted by atomic mass is 16.6. The van der Waals surface area contributed by atoms with Crippen LogP contribution < -0.4 is 0 Å². The molecule has 0 bridgehead atoms. The molecule has 6 nitrogen and oxygen atoms in total. The van der Waals surface area contributed by atoms with Gasteiger partial charge in [0.1, 0.15) is 13.2 Å². The molecular weight excluding hydrogens is 1010 g/mol. The van der Waals surface area contributed by atoms with Crippen LogP contribution in [0.5, 0.6) is 0 Å². The lowest BCUT2D eigenvalue weighted by Crippen LogP contribution is -2.30. The van der Waals surface area contributed by atoms with E-state index in [2.05, 4.69) is 142 Å². The summed E-state index contributed by atoms with van der Waals surface area (Å²) in [5, 5.41) is 0. The molecule has 0 amide bonds. The second kappa shape index (κ2) is 69.3. The average Bonchev–Trinajstić information content (AvgIpc) is 3.47. The van der Waals surface area contributed by atoms with Gasteiger partial charge in [-0.1, -0.05) is 309 Å². The van der Waals surface area contributed by atoms with Crippen LogP contribution in [0, 0.1) is 0 Å². The second-order valence-electron chi connectivity index (χ2n) is 22.7. The highest BCUT2D eigenvalue weighted by Gasteiger charge is 2.19. The van der Waals surface area contributed by atoms with Crippen LogP contribution in [0.15, 0.2) is 122 Å². The normalized spacial score (nSPS) is 12.9. The van der Waals surface area contributed by atoms with Gasteiger partial charge < -0.3 is 14.2 Å². The minimum Gasteiger partial charge on any atom is -0.462 e. The molecule has 0 aliphatic heterocycles. The molecule has 0 N–H and O–H groups in total. The van der Waals surface area contributed by atoms with E-state index in [0.29, 0.717) is 19.3 Å². The van der Waals surface area contributed by atoms with Crippen LogP contribution in [0.2, 0.25) is 0 Å². The van der Waals surface area contributed by atoms with Crippen LogP contribution in [0.1, 0.15) is 323 Å². The molecular formula is C76H128O6. The van der Waals surface area contributed by atoms with Crippen molar-refractivity contribution >= 4 is 17.9 Å². The van der Waals surface area contributed by atoms with E-state index in [1.807, 2.05) is 0 Å². The standard InChI is InChI=1S/C76H128O6/c1-4-7-10-13-16-19-22-25-28-30-32-33-34-35-36-37-38-39-40-41-42-43-45-46-48-51-54-57-60-63-66-69-75(78)81-72-73(71-80-74(77)68-65-62-59-56-53-50-27-24-21-18-15-12-9-6-3)82-76(79)70-67-64-61-58-55-52-49-47-44-31-29-26-23-20-17-14-11-8-5-2/h7,10,16,19,25-26,28-29,32-33,35-36,38-39,41-42,45-46,51,54,73H,4-6,8-9,11-15,17-18,20-24,27,30-31,34,37,40,43-44,47-50,52-53,55-72H2,1-3H3/b10-7-,19-16-,28-25-,29-26-,33-32-,36-35-,39-38-,42-41-,46-45-,54-51-. The van der Waals surface area contributed by atoms with Crippen molar-refractivity contribution in [3.05, 3.63) is 122 Å². The summed E-state index contributed by atoms with van der Waals surface area (Å²) >= 11 is 0. The van der Waals surface area contributed by atoms with Gasteiger partial charge in [-0.3, -0.25) is 14.4 Å². The molecule has 468 valence electrons. The lowest BCUT2D eigenvalue weighted by molar-refractivity contribution is -0.167. The Hall–Kier alpha value is -4.19. The summed E-state index contributed by atoms with van der Waals surface area (Å²) in [4.78, 5) is 38.4. The summed E-state index contributed by atoms with van der Waals surface area (Å²) in [5.74, 6) is -0.914. The fourth-order valence-corrected chi connectivity index (χ4v) is 9.55. The Morgan fingerprint density at radius 1 is 0.256 bits per heavy atom. The summed E-state index contributed by atoms with van der Waals surface area (Å²) in [7, 11) is 0. The summed E-state index contributed by atoms with van der Waals surface area (Å²) in [5.41, 5.74) is 0. The number of carbonyl (C=O) groups is 3. The van der Waals surface area contributed by atoms with Crippen molar-refractivity contribution < 1.29 is 28.6 Å². The van der Waals surface area contributed by atoms with Crippen LogP contribution in [0.3, 0.4) is 0 Å². The third kappa shape index (κ3) is 66.6. The van der Waals surface area contributed by atoms with E-state index in [1.165, 1.54) is 161 Å². The van der Waals surface area contributed by atoms with Gasteiger partial charge in [-0.05, 0) is 116 Å². The van der Waals surface area contributed by atoms with Gasteiger partial charge in [-0.2, -0.15) is 0 Å². The van der Waals surface area contributed by atoms with Crippen molar-refractivity contribution in [3.63, 3.8) is 0 Å². The number of rotatable bonds is 62. The molecule has 0 saturated carbocycles. The summed E-state index contributed by atoms with van der Waals surface area (Å²) in [6.45, 7) is 6.52. The van der Waals surface area contributed by atoms with Crippen molar-refractivity contribution in [1.29, 1.82) is 0 Å². The zero-order chi connectivity index (χ0) is 59.2. The van der Waals surface area contributed by atoms with E-state index in [4.69, 9.17) is 14.2 Å². The van der Waals surface area contributed by atoms with Gasteiger partial charge in [0.2, 0.25) is 0 Å². The minimum absolute atomic E-state index is 0.0881. The van der Waals surface area contributed by atoms with Crippen LogP contribution >= 0.6 is 0 Å². The molecule has 0 aromatic rings. The molecule has 0 aliphatic carbocycles. The Bertz CT molecular complexity index is 1690. The fraction of sp³-hybridized carbons (Fsp3) is 0.697. The van der Waals surface area contributed by atoms with E-state index < -0.39 is 6.10 Å². The van der Waals surface area contributed by atoms with Crippen LogP contribution in [0.25, 0.3) is 0 Å². The first kappa shape index (κ1) is 77.8. The number of hydrogen-bond donors (Lipinski definition) is 0. The Labute approximate surface area is 507 Å². The molecule has 0 radical (unpaired) electrons. The highest BCUT2D eigenvalue weighted by molar-refractivity contribution is 5.71. The maximum atomic E-state index is 12.9. The lowest BCUT2D eigenvalue weighted by atomic mass is 10.0.